The van der Waals surface area contributed by atoms with Gasteiger partial charge >= 0.3 is 0 Å². The maximum absolute atomic E-state index is 10.6. The molecule has 0 aliphatic rings. The number of fused-ring (bicyclic) bond motifs is 5. The van der Waals surface area contributed by atoms with Crippen LogP contribution in [0, 0.1) is 22.7 Å². The summed E-state index contributed by atoms with van der Waals surface area (Å²) in [6.45, 7) is 0. The van der Waals surface area contributed by atoms with Gasteiger partial charge < -0.3 is 4.57 Å². The highest BCUT2D eigenvalue weighted by molar-refractivity contribution is 6.22. The van der Waals surface area contributed by atoms with Crippen molar-refractivity contribution in [3.8, 4) is 51.2 Å². The highest BCUT2D eigenvalue weighted by atomic mass is 15.0. The Hall–Kier alpha value is -6.94. The molecule has 0 atom stereocenters. The van der Waals surface area contributed by atoms with Gasteiger partial charge in [-0.05, 0) is 79.7 Å². The molecule has 49 heavy (non-hydrogen) atoms. The second-order valence-corrected chi connectivity index (χ2v) is 12.3. The molecule has 0 unspecified atom stereocenters. The van der Waals surface area contributed by atoms with Crippen molar-refractivity contribution in [1.82, 2.24) is 4.57 Å². The van der Waals surface area contributed by atoms with Crippen LogP contribution in [0.2, 0.25) is 0 Å². The third kappa shape index (κ3) is 4.35. The van der Waals surface area contributed by atoms with Crippen molar-refractivity contribution in [3.05, 3.63) is 175 Å². The predicted molar refractivity (Wildman–Crippen MR) is 202 cm³/mol. The molecule has 0 amide bonds. The molecule has 1 heterocycles. The molecule has 8 aromatic carbocycles. The molecule has 3 nitrogen and oxygen atoms in total. The molecule has 226 valence electrons. The lowest BCUT2D eigenvalue weighted by Crippen LogP contribution is -1.99. The zero-order valence-electron chi connectivity index (χ0n) is 26.4. The van der Waals surface area contributed by atoms with Gasteiger partial charge in [-0.1, -0.05) is 133 Å². The van der Waals surface area contributed by atoms with Crippen molar-refractivity contribution >= 4 is 43.4 Å². The molecule has 0 fully saturated rings. The van der Waals surface area contributed by atoms with Crippen LogP contribution >= 0.6 is 0 Å². The van der Waals surface area contributed by atoms with E-state index in [1.54, 1.807) is 0 Å². The molecule has 0 bridgehead atoms. The summed E-state index contributed by atoms with van der Waals surface area (Å²) in [4.78, 5) is 0. The van der Waals surface area contributed by atoms with Crippen LogP contribution in [0.4, 0.5) is 0 Å². The summed E-state index contributed by atoms with van der Waals surface area (Å²) in [7, 11) is 0. The fourth-order valence-corrected chi connectivity index (χ4v) is 7.66. The minimum absolute atomic E-state index is 0.539. The topological polar surface area (TPSA) is 52.5 Å². The molecule has 1 aromatic heterocycles. The van der Waals surface area contributed by atoms with E-state index in [0.717, 1.165) is 76.9 Å². The SMILES string of the molecule is N#Cc1cc(-c2c(C#N)cccc2-c2c3ccccc3c(-c3ccccc3)c3ccccc23)ccc1-n1c2ccccc2c2ccccc21. The van der Waals surface area contributed by atoms with Gasteiger partial charge in [-0.25, -0.2) is 0 Å². The van der Waals surface area contributed by atoms with E-state index >= 15 is 0 Å². The van der Waals surface area contributed by atoms with Crippen molar-refractivity contribution in [2.75, 3.05) is 0 Å². The number of benzene rings is 8. The van der Waals surface area contributed by atoms with E-state index in [9.17, 15) is 10.5 Å². The first kappa shape index (κ1) is 28.3. The highest BCUT2D eigenvalue weighted by Gasteiger charge is 2.22. The number of hydrogen-bond donors (Lipinski definition) is 0. The number of nitriles is 2. The van der Waals surface area contributed by atoms with E-state index < -0.39 is 0 Å². The first-order valence-corrected chi connectivity index (χ1v) is 16.3. The van der Waals surface area contributed by atoms with Crippen LogP contribution in [0.15, 0.2) is 164 Å². The van der Waals surface area contributed by atoms with Crippen LogP contribution in [0.25, 0.3) is 82.4 Å². The van der Waals surface area contributed by atoms with Crippen molar-refractivity contribution in [1.29, 1.82) is 10.5 Å². The summed E-state index contributed by atoms with van der Waals surface area (Å²) in [6.07, 6.45) is 0. The standard InChI is InChI=1S/C46H27N3/c47-28-32-15-12-22-40(46-38-20-6-4-18-36(38)45(30-13-2-1-3-14-30)37-19-5-7-21-39(37)46)44(32)31-25-26-41(33(27-31)29-48)49-42-23-10-8-16-34(42)35-17-9-11-24-43(35)49/h1-27H. The number of aromatic nitrogens is 1. The van der Waals surface area contributed by atoms with Gasteiger partial charge in [0.15, 0.2) is 0 Å². The van der Waals surface area contributed by atoms with Gasteiger partial charge in [-0.15, -0.1) is 0 Å². The number of para-hydroxylation sites is 2. The first-order valence-electron chi connectivity index (χ1n) is 16.3. The van der Waals surface area contributed by atoms with E-state index in [1.165, 1.54) is 5.56 Å². The summed E-state index contributed by atoms with van der Waals surface area (Å²) in [5.41, 5.74) is 10.0. The Bertz CT molecular complexity index is 2740. The van der Waals surface area contributed by atoms with Crippen molar-refractivity contribution in [3.63, 3.8) is 0 Å². The van der Waals surface area contributed by atoms with Gasteiger partial charge in [0.25, 0.3) is 0 Å². The van der Waals surface area contributed by atoms with Gasteiger partial charge in [0.2, 0.25) is 0 Å². The van der Waals surface area contributed by atoms with E-state index in [1.807, 2.05) is 54.6 Å². The lowest BCUT2D eigenvalue weighted by molar-refractivity contribution is 1.17. The zero-order valence-corrected chi connectivity index (χ0v) is 26.4. The van der Waals surface area contributed by atoms with Crippen LogP contribution in [-0.2, 0) is 0 Å². The van der Waals surface area contributed by atoms with Crippen LogP contribution in [0.1, 0.15) is 11.1 Å². The molecule has 0 saturated heterocycles. The Morgan fingerprint density at radius 1 is 0.367 bits per heavy atom. The quantitative estimate of drug-likeness (QED) is 0.184. The third-order valence-corrected chi connectivity index (χ3v) is 9.67. The lowest BCUT2D eigenvalue weighted by atomic mass is 9.82. The second-order valence-electron chi connectivity index (χ2n) is 12.3. The Balaban J connectivity index is 1.33. The maximum Gasteiger partial charge on any atom is 0.101 e. The van der Waals surface area contributed by atoms with Gasteiger partial charge in [0.05, 0.1) is 33.9 Å². The van der Waals surface area contributed by atoms with E-state index in [2.05, 4.69) is 126 Å². The van der Waals surface area contributed by atoms with Gasteiger partial charge in [-0.3, -0.25) is 0 Å². The molecule has 0 aliphatic carbocycles. The molecule has 0 saturated carbocycles. The molecular formula is C46H27N3. The molecule has 0 radical (unpaired) electrons. The minimum atomic E-state index is 0.539. The highest BCUT2D eigenvalue weighted by Crippen LogP contribution is 2.47. The molecule has 9 rings (SSSR count). The summed E-state index contributed by atoms with van der Waals surface area (Å²) in [5.74, 6) is 0. The first-order chi connectivity index (χ1) is 24.3. The summed E-state index contributed by atoms with van der Waals surface area (Å²) >= 11 is 0. The largest absolute Gasteiger partial charge is 0.308 e. The van der Waals surface area contributed by atoms with Gasteiger partial charge in [0.1, 0.15) is 6.07 Å². The number of rotatable bonds is 4. The van der Waals surface area contributed by atoms with Crippen LogP contribution in [-0.4, -0.2) is 4.57 Å². The average molecular weight is 622 g/mol. The molecule has 0 aliphatic heterocycles. The molecular weight excluding hydrogens is 595 g/mol. The van der Waals surface area contributed by atoms with Crippen molar-refractivity contribution in [2.24, 2.45) is 0 Å². The Labute approximate surface area is 283 Å². The average Bonchev–Trinajstić information content (AvgIpc) is 3.51. The monoisotopic (exact) mass is 621 g/mol. The van der Waals surface area contributed by atoms with Crippen molar-refractivity contribution in [2.45, 2.75) is 0 Å². The summed E-state index contributed by atoms with van der Waals surface area (Å²) in [6, 6.07) is 61.2. The van der Waals surface area contributed by atoms with E-state index in [4.69, 9.17) is 0 Å². The molecule has 0 spiro atoms. The fraction of sp³-hybridized carbons (Fsp3) is 0. The van der Waals surface area contributed by atoms with Crippen molar-refractivity contribution < 1.29 is 0 Å². The van der Waals surface area contributed by atoms with Gasteiger partial charge in [-0.2, -0.15) is 10.5 Å². The Kier molecular flexibility index (Phi) is 6.58. The molecule has 0 N–H and O–H groups in total. The van der Waals surface area contributed by atoms with Crippen LogP contribution in [0.3, 0.4) is 0 Å². The molecule has 9 aromatic rings. The second kappa shape index (κ2) is 11.4. The Morgan fingerprint density at radius 2 is 0.878 bits per heavy atom. The summed E-state index contributed by atoms with van der Waals surface area (Å²) < 4.78 is 2.17. The maximum atomic E-state index is 10.6. The lowest BCUT2D eigenvalue weighted by Gasteiger charge is -2.20. The van der Waals surface area contributed by atoms with Crippen LogP contribution in [0.5, 0.6) is 0 Å². The number of hydrogen-bond acceptors (Lipinski definition) is 2. The Morgan fingerprint density at radius 3 is 1.45 bits per heavy atom. The summed E-state index contributed by atoms with van der Waals surface area (Å²) in [5, 5.41) is 28.0. The van der Waals surface area contributed by atoms with Crippen LogP contribution < -0.4 is 0 Å². The predicted octanol–water partition coefficient (Wildman–Crippen LogP) is 11.8. The van der Waals surface area contributed by atoms with E-state index in [0.29, 0.717) is 11.1 Å². The zero-order chi connectivity index (χ0) is 32.9. The van der Waals surface area contributed by atoms with Gasteiger partial charge in [0, 0.05) is 16.3 Å². The number of nitrogens with zero attached hydrogens (tertiary/aromatic N) is 3. The smallest absolute Gasteiger partial charge is 0.101 e. The minimum Gasteiger partial charge on any atom is -0.308 e. The third-order valence-electron chi connectivity index (χ3n) is 9.67. The fourth-order valence-electron chi connectivity index (χ4n) is 7.66. The molecule has 3 heteroatoms. The van der Waals surface area contributed by atoms with E-state index in [-0.39, 0.29) is 0 Å². The normalized spacial score (nSPS) is 11.2.